The van der Waals surface area contributed by atoms with Crippen LogP contribution in [0.5, 0.6) is 0 Å². The lowest BCUT2D eigenvalue weighted by Gasteiger charge is -2.24. The number of nitrogens with one attached hydrogen (secondary N) is 1. The largest absolute Gasteiger partial charge is 0.345 e. The first-order valence-corrected chi connectivity index (χ1v) is 18.4. The highest BCUT2D eigenvalue weighted by molar-refractivity contribution is 8.10. The fourth-order valence-corrected chi connectivity index (χ4v) is 10.4. The first kappa shape index (κ1) is 31.6. The van der Waals surface area contributed by atoms with E-state index in [1.165, 1.54) is 42.5 Å². The number of nitrogens with zero attached hydrogens (tertiary/aromatic N) is 4. The van der Waals surface area contributed by atoms with Crippen LogP contribution >= 0.6 is 11.3 Å². The minimum Gasteiger partial charge on any atom is -0.345 e. The van der Waals surface area contributed by atoms with Gasteiger partial charge in [-0.3, -0.25) is 4.79 Å². The number of pyridine rings is 1. The molecule has 1 fully saturated rings. The molecule has 7 rings (SSSR count). The zero-order valence-corrected chi connectivity index (χ0v) is 27.3. The van der Waals surface area contributed by atoms with Crippen molar-refractivity contribution in [2.24, 2.45) is 0 Å². The van der Waals surface area contributed by atoms with Crippen molar-refractivity contribution in [1.82, 2.24) is 9.97 Å². The van der Waals surface area contributed by atoms with Crippen LogP contribution in [0.2, 0.25) is 0 Å². The molecule has 1 N–H and O–H groups in total. The van der Waals surface area contributed by atoms with Crippen molar-refractivity contribution in [1.29, 1.82) is 0 Å². The Hall–Kier alpha value is -4.99. The Kier molecular flexibility index (Phi) is 8.05. The summed E-state index contributed by atoms with van der Waals surface area (Å²) < 4.78 is 85.3. The molecule has 2 aromatic heterocycles. The Morgan fingerprint density at radius 2 is 1.44 bits per heavy atom. The molecule has 0 aliphatic carbocycles. The van der Waals surface area contributed by atoms with E-state index < -0.39 is 53.2 Å². The predicted molar refractivity (Wildman–Crippen MR) is 180 cm³/mol. The van der Waals surface area contributed by atoms with E-state index in [9.17, 15) is 30.4 Å². The number of carbonyl (C=O) groups is 1. The Morgan fingerprint density at radius 3 is 2.12 bits per heavy atom. The molecular formula is C33H25F2N5O5S3. The van der Waals surface area contributed by atoms with Gasteiger partial charge in [0.05, 0.1) is 21.4 Å². The van der Waals surface area contributed by atoms with Crippen molar-refractivity contribution < 1.29 is 30.4 Å². The third kappa shape index (κ3) is 5.63. The van der Waals surface area contributed by atoms with Crippen LogP contribution in [0.1, 0.15) is 12.8 Å². The summed E-state index contributed by atoms with van der Waals surface area (Å²) in [6.07, 6.45) is 1.37. The van der Waals surface area contributed by atoms with E-state index in [4.69, 9.17) is 4.98 Å². The summed E-state index contributed by atoms with van der Waals surface area (Å²) in [5, 5.41) is 4.02. The normalized spacial score (nSPS) is 15.2. The van der Waals surface area contributed by atoms with Crippen molar-refractivity contribution in [3.8, 4) is 0 Å². The first-order valence-electron chi connectivity index (χ1n) is 14.7. The molecule has 4 aromatic carbocycles. The summed E-state index contributed by atoms with van der Waals surface area (Å²) in [6.45, 7) is 0.634. The van der Waals surface area contributed by atoms with Crippen LogP contribution in [0.3, 0.4) is 0 Å². The van der Waals surface area contributed by atoms with Crippen molar-refractivity contribution >= 4 is 75.0 Å². The molecule has 1 amide bonds. The third-order valence-electron chi connectivity index (χ3n) is 7.91. The number of fused-ring (bicyclic) bond motifs is 2. The number of carbonyl (C=O) groups excluding carboxylic acids is 1. The van der Waals surface area contributed by atoms with E-state index in [0.29, 0.717) is 29.0 Å². The number of thiazole rings is 1. The number of halogens is 2. The van der Waals surface area contributed by atoms with E-state index in [1.807, 2.05) is 41.3 Å². The van der Waals surface area contributed by atoms with Gasteiger partial charge in [0, 0.05) is 11.9 Å². The molecule has 0 bridgehead atoms. The number of hydrogen-bond acceptors (Lipinski definition) is 9. The molecular weight excluding hydrogens is 681 g/mol. The van der Waals surface area contributed by atoms with Crippen LogP contribution in [0, 0.1) is 11.6 Å². The minimum absolute atomic E-state index is 0.0151. The van der Waals surface area contributed by atoms with Crippen LogP contribution in [-0.2, 0) is 24.8 Å². The van der Waals surface area contributed by atoms with Gasteiger partial charge in [-0.2, -0.15) is 20.5 Å². The fraction of sp³-hybridized carbons (Fsp3) is 0.121. The standard InChI is InChI=1S/C33H25F2N5O5S3/c34-23-9-2-5-13-29(23)47(42,43)40(48(44,45)30-14-6-3-10-24(30)35)22-16-17-26-28(20-22)46-33(37-26)38-32(41)27-12-7-19-39(27)31-18-15-21-8-1-4-11-25(21)36-31/h1-6,8-11,13-18,20,27H,7,12,19H2,(H,37,38,41). The van der Waals surface area contributed by atoms with Gasteiger partial charge >= 0.3 is 0 Å². The number of sulfonamides is 2. The Labute approximate surface area is 278 Å². The molecule has 6 aromatic rings. The summed E-state index contributed by atoms with van der Waals surface area (Å²) in [6, 6.07) is 23.4. The van der Waals surface area contributed by atoms with Gasteiger partial charge in [0.25, 0.3) is 20.0 Å². The maximum absolute atomic E-state index is 14.8. The summed E-state index contributed by atoms with van der Waals surface area (Å²) in [7, 11) is -10.3. The molecule has 0 spiro atoms. The van der Waals surface area contributed by atoms with Gasteiger partial charge in [-0.05, 0) is 73.5 Å². The highest BCUT2D eigenvalue weighted by Gasteiger charge is 2.40. The lowest BCUT2D eigenvalue weighted by molar-refractivity contribution is -0.117. The second-order valence-corrected chi connectivity index (χ2v) is 15.7. The molecule has 244 valence electrons. The molecule has 1 atom stereocenters. The second-order valence-electron chi connectivity index (χ2n) is 10.9. The molecule has 3 heterocycles. The van der Waals surface area contributed by atoms with Crippen LogP contribution < -0.4 is 13.9 Å². The number of para-hydroxylation sites is 1. The second kappa shape index (κ2) is 12.2. The molecule has 1 aliphatic rings. The van der Waals surface area contributed by atoms with E-state index in [0.717, 1.165) is 52.9 Å². The highest BCUT2D eigenvalue weighted by atomic mass is 32.3. The summed E-state index contributed by atoms with van der Waals surface area (Å²) >= 11 is 0.992. The fourth-order valence-electron chi connectivity index (χ4n) is 5.69. The summed E-state index contributed by atoms with van der Waals surface area (Å²) in [5.41, 5.74) is 0.746. The number of hydrogen-bond donors (Lipinski definition) is 1. The number of benzene rings is 4. The first-order chi connectivity index (χ1) is 23.0. The molecule has 1 unspecified atom stereocenters. The smallest absolute Gasteiger partial charge is 0.280 e. The number of anilines is 3. The maximum atomic E-state index is 14.8. The van der Waals surface area contributed by atoms with Gasteiger partial charge in [-0.1, -0.05) is 53.8 Å². The van der Waals surface area contributed by atoms with Gasteiger partial charge in [-0.25, -0.2) is 18.7 Å². The monoisotopic (exact) mass is 705 g/mol. The van der Waals surface area contributed by atoms with Crippen LogP contribution in [-0.4, -0.2) is 45.3 Å². The van der Waals surface area contributed by atoms with Gasteiger partial charge < -0.3 is 10.2 Å². The molecule has 48 heavy (non-hydrogen) atoms. The zero-order chi connectivity index (χ0) is 33.6. The zero-order valence-electron chi connectivity index (χ0n) is 24.8. The maximum Gasteiger partial charge on any atom is 0.280 e. The number of rotatable bonds is 8. The average Bonchev–Trinajstić information content (AvgIpc) is 3.72. The van der Waals surface area contributed by atoms with E-state index >= 15 is 0 Å². The summed E-state index contributed by atoms with van der Waals surface area (Å²) in [4.78, 5) is 22.8. The van der Waals surface area contributed by atoms with Crippen molar-refractivity contribution in [2.45, 2.75) is 28.7 Å². The minimum atomic E-state index is -5.14. The lowest BCUT2D eigenvalue weighted by Crippen LogP contribution is -2.40. The average molecular weight is 706 g/mol. The topological polar surface area (TPSA) is 130 Å². The molecule has 1 aliphatic heterocycles. The van der Waals surface area contributed by atoms with Crippen molar-refractivity contribution in [3.63, 3.8) is 0 Å². The van der Waals surface area contributed by atoms with E-state index in [2.05, 4.69) is 10.3 Å². The van der Waals surface area contributed by atoms with Gasteiger partial charge in [0.1, 0.15) is 33.3 Å². The third-order valence-corrected chi connectivity index (χ3v) is 13.1. The Bertz CT molecular complexity index is 2360. The van der Waals surface area contributed by atoms with Gasteiger partial charge in [0.2, 0.25) is 5.91 Å². The Morgan fingerprint density at radius 1 is 0.792 bits per heavy atom. The van der Waals surface area contributed by atoms with Crippen molar-refractivity contribution in [2.75, 3.05) is 20.5 Å². The Balaban J connectivity index is 1.22. The van der Waals surface area contributed by atoms with Crippen LogP contribution in [0.25, 0.3) is 21.1 Å². The molecule has 0 radical (unpaired) electrons. The van der Waals surface area contributed by atoms with Gasteiger partial charge in [0.15, 0.2) is 5.13 Å². The van der Waals surface area contributed by atoms with Crippen LogP contribution in [0.15, 0.2) is 113 Å². The summed E-state index contributed by atoms with van der Waals surface area (Å²) in [5.74, 6) is -2.01. The quantitative estimate of drug-likeness (QED) is 0.195. The molecule has 1 saturated heterocycles. The van der Waals surface area contributed by atoms with Crippen molar-refractivity contribution in [3.05, 3.63) is 115 Å². The number of amides is 1. The van der Waals surface area contributed by atoms with E-state index in [1.54, 1.807) is 0 Å². The molecule has 0 saturated carbocycles. The van der Waals surface area contributed by atoms with E-state index in [-0.39, 0.29) is 14.7 Å². The SMILES string of the molecule is O=C(Nc1nc2ccc(N(S(=O)(=O)c3ccccc3F)S(=O)(=O)c3ccccc3F)cc2s1)C1CCCN1c1ccc2ccccc2n1. The molecule has 15 heteroatoms. The van der Waals surface area contributed by atoms with Gasteiger partial charge in [-0.15, -0.1) is 0 Å². The highest BCUT2D eigenvalue weighted by Crippen LogP contribution is 2.37. The van der Waals surface area contributed by atoms with Crippen LogP contribution in [0.4, 0.5) is 25.4 Å². The number of aromatic nitrogens is 2. The lowest BCUT2D eigenvalue weighted by atomic mass is 10.2. The predicted octanol–water partition coefficient (Wildman–Crippen LogP) is 6.31. The molecule has 10 nitrogen and oxygen atoms in total.